The maximum atomic E-state index is 8.35. The van der Waals surface area contributed by atoms with E-state index in [-0.39, 0.29) is 11.3 Å². The lowest BCUT2D eigenvalue weighted by Gasteiger charge is -1.46. The van der Waals surface area contributed by atoms with E-state index in [1.54, 1.807) is 0 Å². The average Bonchev–Trinajstić information content (AvgIpc) is 1.46. The number of hydrogen-bond acceptors (Lipinski definition) is 4. The molecule has 0 aliphatic carbocycles. The van der Waals surface area contributed by atoms with Crippen LogP contribution in [0, 0.1) is 11.3 Å². The molecule has 0 amide bonds. The van der Waals surface area contributed by atoms with Crippen LogP contribution in [0.15, 0.2) is 0 Å². The van der Waals surface area contributed by atoms with Gasteiger partial charge in [0.2, 0.25) is 0 Å². The summed E-state index contributed by atoms with van der Waals surface area (Å²) < 4.78 is 15.2. The molecular formula is H5ClN2O2. The monoisotopic (exact) mass is 100 g/mol. The molecule has 5 heavy (non-hydrogen) atoms. The molecule has 0 rings (SSSR count). The molecule has 0 aliphatic heterocycles. The summed E-state index contributed by atoms with van der Waals surface area (Å²) in [5.74, 6) is 8.00. The second-order valence-electron chi connectivity index (χ2n) is 0.0690. The molecule has 0 aromatic rings. The highest BCUT2D eigenvalue weighted by molar-refractivity contribution is 3.26. The predicted octanol–water partition coefficient (Wildman–Crippen LogP) is -2.93. The zero-order valence-electron chi connectivity index (χ0n) is 2.39. The van der Waals surface area contributed by atoms with Crippen LogP contribution in [0.2, 0.25) is 0 Å². The fourth-order valence-electron chi connectivity index (χ4n) is 0. The normalized spacial score (nSPS) is 4.80. The second kappa shape index (κ2) is 31.7. The van der Waals surface area contributed by atoms with Crippen molar-refractivity contribution in [2.45, 2.75) is 0 Å². The first-order valence-electron chi connectivity index (χ1n) is 0.657. The summed E-state index contributed by atoms with van der Waals surface area (Å²) in [6, 6.07) is 0. The molecule has 0 saturated heterocycles. The summed E-state index contributed by atoms with van der Waals surface area (Å²) >= 11 is -0.167. The standard InChI is InChI=1S/ClHO2.H4N2/c2-1-3;1-2/h2H;1-2H2. The van der Waals surface area contributed by atoms with Crippen molar-refractivity contribution in [3.8, 4) is 0 Å². The van der Waals surface area contributed by atoms with Crippen molar-refractivity contribution in [1.29, 1.82) is 0 Å². The lowest BCUT2D eigenvalue weighted by atomic mass is 13.0. The van der Waals surface area contributed by atoms with E-state index < -0.39 is 0 Å². The number of hydrogen-bond donors (Lipinski definition) is 3. The largest absolute Gasteiger partial charge is 0.506 e. The lowest BCUT2D eigenvalue weighted by molar-refractivity contribution is -1.27. The third-order valence-electron chi connectivity index (χ3n) is 0. The molecule has 34 valence electrons. The number of nitrogens with two attached hydrogens (primary N) is 2. The molecule has 0 fully saturated rings. The van der Waals surface area contributed by atoms with Crippen molar-refractivity contribution in [1.82, 2.24) is 0 Å². The van der Waals surface area contributed by atoms with Gasteiger partial charge in [0.1, 0.15) is 0 Å². The highest BCUT2D eigenvalue weighted by atomic mass is 35.6. The van der Waals surface area contributed by atoms with Crippen molar-refractivity contribution >= 4 is 0 Å². The van der Waals surface area contributed by atoms with Crippen LogP contribution in [0.4, 0.5) is 0 Å². The molecule has 0 aromatic carbocycles. The Kier molecular flexibility index (Phi) is 56.6. The zero-order valence-corrected chi connectivity index (χ0v) is 3.14. The minimum atomic E-state index is -0.167. The van der Waals surface area contributed by atoms with Crippen LogP contribution >= 0.6 is 0 Å². The van der Waals surface area contributed by atoms with Gasteiger partial charge in [-0.15, -0.1) is 4.66 Å². The van der Waals surface area contributed by atoms with Gasteiger partial charge < -0.3 is 4.66 Å². The first-order chi connectivity index (χ1) is 2.41. The van der Waals surface area contributed by atoms with E-state index in [1.807, 2.05) is 0 Å². The maximum Gasteiger partial charge on any atom is 0.327 e. The smallest absolute Gasteiger partial charge is 0.327 e. The van der Waals surface area contributed by atoms with E-state index >= 15 is 0 Å². The molecule has 0 heterocycles. The SMILES string of the molecule is NN.[O-][Cl+]O. The van der Waals surface area contributed by atoms with Crippen LogP contribution in [-0.2, 0) is 0 Å². The molecule has 0 aliphatic rings. The quantitative estimate of drug-likeness (QED) is 0.224. The van der Waals surface area contributed by atoms with Gasteiger partial charge in [-0.1, -0.05) is 0 Å². The van der Waals surface area contributed by atoms with Crippen LogP contribution in [0.3, 0.4) is 0 Å². The van der Waals surface area contributed by atoms with Crippen molar-refractivity contribution in [2.24, 2.45) is 11.7 Å². The molecular weight excluding hydrogens is 95.5 g/mol. The van der Waals surface area contributed by atoms with Gasteiger partial charge in [-0.2, -0.15) is 0 Å². The second-order valence-corrected chi connectivity index (χ2v) is 0.207. The Balaban J connectivity index is 0. The van der Waals surface area contributed by atoms with E-state index in [4.69, 9.17) is 9.32 Å². The first-order valence-corrected chi connectivity index (χ1v) is 1.30. The zero-order chi connectivity index (χ0) is 4.71. The van der Waals surface area contributed by atoms with Crippen LogP contribution in [0.5, 0.6) is 0 Å². The summed E-state index contributed by atoms with van der Waals surface area (Å²) in [7, 11) is 0. The average molecular weight is 101 g/mol. The maximum absolute atomic E-state index is 8.35. The molecule has 0 aromatic heterocycles. The summed E-state index contributed by atoms with van der Waals surface area (Å²) in [5, 5.41) is 0. The van der Waals surface area contributed by atoms with E-state index in [9.17, 15) is 0 Å². The predicted molar refractivity (Wildman–Crippen MR) is 10.6 cm³/mol. The fourth-order valence-corrected chi connectivity index (χ4v) is 0. The van der Waals surface area contributed by atoms with Crippen LogP contribution in [0.1, 0.15) is 0 Å². The highest BCUT2D eigenvalue weighted by Crippen LogP contribution is 1.13. The van der Waals surface area contributed by atoms with Crippen LogP contribution in [-0.4, -0.2) is 4.66 Å². The summed E-state index contributed by atoms with van der Waals surface area (Å²) in [6.07, 6.45) is 0. The van der Waals surface area contributed by atoms with Crippen molar-refractivity contribution < 1.29 is 20.6 Å². The van der Waals surface area contributed by atoms with Gasteiger partial charge in [0.15, 0.2) is 0 Å². The molecule has 5 N–H and O–H groups in total. The molecule has 4 nitrogen and oxygen atoms in total. The van der Waals surface area contributed by atoms with Gasteiger partial charge >= 0.3 is 11.3 Å². The molecule has 0 spiro atoms. The van der Waals surface area contributed by atoms with Crippen molar-refractivity contribution in [2.75, 3.05) is 0 Å². The first kappa shape index (κ1) is 8.93. The molecule has 0 radical (unpaired) electrons. The molecule has 5 heteroatoms. The Morgan fingerprint density at radius 2 is 1.60 bits per heavy atom. The van der Waals surface area contributed by atoms with Crippen LogP contribution in [0.25, 0.3) is 0 Å². The fraction of sp³-hybridized carbons (Fsp3) is 0. The van der Waals surface area contributed by atoms with E-state index in [0.717, 1.165) is 0 Å². The van der Waals surface area contributed by atoms with Gasteiger partial charge in [0, 0.05) is 0 Å². The number of halogens is 1. The Bertz CT molecular complexity index is 7.61. The van der Waals surface area contributed by atoms with Gasteiger partial charge in [-0.3, -0.25) is 11.7 Å². The highest BCUT2D eigenvalue weighted by Gasteiger charge is 1.47. The third kappa shape index (κ3) is 1110. The molecule has 0 bridgehead atoms. The molecule has 0 atom stereocenters. The van der Waals surface area contributed by atoms with Gasteiger partial charge in [-0.05, 0) is 0 Å². The van der Waals surface area contributed by atoms with Crippen molar-refractivity contribution in [3.63, 3.8) is 0 Å². The van der Waals surface area contributed by atoms with E-state index in [2.05, 4.69) is 11.7 Å². The van der Waals surface area contributed by atoms with Crippen LogP contribution < -0.4 is 16.3 Å². The lowest BCUT2D eigenvalue weighted by Crippen LogP contribution is -2.02. The Hall–Kier alpha value is 0.130. The minimum absolute atomic E-state index is 0.167. The minimum Gasteiger partial charge on any atom is -0.506 e. The van der Waals surface area contributed by atoms with E-state index in [0.29, 0.717) is 0 Å². The number of rotatable bonds is 0. The summed E-state index contributed by atoms with van der Waals surface area (Å²) in [6.45, 7) is 0. The molecule has 0 unspecified atom stereocenters. The van der Waals surface area contributed by atoms with Gasteiger partial charge in [0.25, 0.3) is 0 Å². The van der Waals surface area contributed by atoms with Crippen molar-refractivity contribution in [3.05, 3.63) is 0 Å². The Morgan fingerprint density at radius 1 is 1.60 bits per heavy atom. The van der Waals surface area contributed by atoms with Gasteiger partial charge in [-0.25, -0.2) is 0 Å². The Labute approximate surface area is 33.4 Å². The topological polar surface area (TPSA) is 95.3 Å². The third-order valence-corrected chi connectivity index (χ3v) is 0. The van der Waals surface area contributed by atoms with Gasteiger partial charge in [0.05, 0.1) is 0 Å². The van der Waals surface area contributed by atoms with E-state index in [1.165, 1.54) is 0 Å². The molecule has 0 saturated carbocycles. The summed E-state index contributed by atoms with van der Waals surface area (Å²) in [4.78, 5) is 0. The summed E-state index contributed by atoms with van der Waals surface area (Å²) in [5.41, 5.74) is 0. The number of hydrazine groups is 1. The Morgan fingerprint density at radius 3 is 1.60 bits per heavy atom.